The van der Waals surface area contributed by atoms with Crippen LogP contribution in [-0.4, -0.2) is 28.9 Å². The Morgan fingerprint density at radius 1 is 1.03 bits per heavy atom. The molecule has 0 aliphatic carbocycles. The second-order valence-corrected chi connectivity index (χ2v) is 9.43. The fourth-order valence-electron chi connectivity index (χ4n) is 2.72. The first kappa shape index (κ1) is 26.1. The van der Waals surface area contributed by atoms with Gasteiger partial charge < -0.3 is 10.6 Å². The molecule has 0 aliphatic heterocycles. The Balaban J connectivity index is 0.000000238. The molecule has 33 heavy (non-hydrogen) atoms. The molecule has 2 aromatic carbocycles. The zero-order valence-corrected chi connectivity index (χ0v) is 20.4. The van der Waals surface area contributed by atoms with Crippen LogP contribution in [0, 0.1) is 0 Å². The van der Waals surface area contributed by atoms with Crippen molar-refractivity contribution in [1.82, 2.24) is 15.0 Å². The minimum Gasteiger partial charge on any atom is -0.349 e. The predicted octanol–water partition coefficient (Wildman–Crippen LogP) is 5.09. The minimum atomic E-state index is -0.0773. The third-order valence-corrected chi connectivity index (χ3v) is 5.46. The van der Waals surface area contributed by atoms with Crippen LogP contribution in [-0.2, 0) is 11.2 Å². The van der Waals surface area contributed by atoms with Gasteiger partial charge in [0.25, 0.3) is 5.91 Å². The number of hydrogen-bond donors (Lipinski definition) is 3. The Hall–Kier alpha value is -3.16. The molecule has 0 bridgehead atoms. The molecule has 0 saturated heterocycles. The first-order chi connectivity index (χ1) is 15.8. The highest BCUT2D eigenvalue weighted by atomic mass is 32.2. The molecular weight excluding hydrogens is 432 g/mol. The zero-order chi connectivity index (χ0) is 24.1. The second-order valence-electron chi connectivity index (χ2n) is 8.55. The Kier molecular flexibility index (Phi) is 10.6. The van der Waals surface area contributed by atoms with Crippen LogP contribution in [0.5, 0.6) is 0 Å². The average molecular weight is 465 g/mol. The Bertz CT molecular complexity index is 975. The molecule has 1 heterocycles. The SMILES string of the molecule is CC(C)(C)NSc1ccc(NC=O)cc1.CC(Cc1ccccc1)NC(=O)c1cccnc1. The molecule has 1 aromatic heterocycles. The van der Waals surface area contributed by atoms with Crippen LogP contribution in [0.2, 0.25) is 0 Å². The van der Waals surface area contributed by atoms with Crippen molar-refractivity contribution in [3.63, 3.8) is 0 Å². The summed E-state index contributed by atoms with van der Waals surface area (Å²) in [6.45, 7) is 8.34. The smallest absolute Gasteiger partial charge is 0.253 e. The summed E-state index contributed by atoms with van der Waals surface area (Å²) < 4.78 is 3.32. The van der Waals surface area contributed by atoms with Gasteiger partial charge >= 0.3 is 0 Å². The molecule has 0 spiro atoms. The number of carbonyl (C=O) groups is 2. The lowest BCUT2D eigenvalue weighted by atomic mass is 10.1. The topological polar surface area (TPSA) is 83.1 Å². The first-order valence-electron chi connectivity index (χ1n) is 10.8. The summed E-state index contributed by atoms with van der Waals surface area (Å²) in [5.74, 6) is -0.0773. The number of carbonyl (C=O) groups excluding carboxylic acids is 2. The van der Waals surface area contributed by atoms with Crippen molar-refractivity contribution >= 4 is 30.0 Å². The lowest BCUT2D eigenvalue weighted by molar-refractivity contribution is -0.105. The minimum absolute atomic E-state index is 0.0773. The van der Waals surface area contributed by atoms with Gasteiger partial charge in [-0.1, -0.05) is 30.3 Å². The fraction of sp³-hybridized carbons (Fsp3) is 0.269. The van der Waals surface area contributed by atoms with Gasteiger partial charge in [0.05, 0.1) is 5.56 Å². The quantitative estimate of drug-likeness (QED) is 0.319. The number of anilines is 1. The summed E-state index contributed by atoms with van der Waals surface area (Å²) in [7, 11) is 0. The number of hydrogen-bond acceptors (Lipinski definition) is 5. The van der Waals surface area contributed by atoms with Crippen molar-refractivity contribution in [3.8, 4) is 0 Å². The number of amides is 2. The monoisotopic (exact) mass is 464 g/mol. The summed E-state index contributed by atoms with van der Waals surface area (Å²) in [5.41, 5.74) is 2.71. The van der Waals surface area contributed by atoms with Crippen LogP contribution < -0.4 is 15.4 Å². The highest BCUT2D eigenvalue weighted by Gasteiger charge is 2.10. The third-order valence-electron chi connectivity index (χ3n) is 4.24. The molecule has 3 rings (SSSR count). The van der Waals surface area contributed by atoms with Crippen molar-refractivity contribution in [2.75, 3.05) is 5.32 Å². The molecule has 0 aliphatic rings. The van der Waals surface area contributed by atoms with Gasteiger partial charge in [-0.2, -0.15) is 0 Å². The van der Waals surface area contributed by atoms with Gasteiger partial charge in [-0.3, -0.25) is 19.3 Å². The number of benzene rings is 2. The molecule has 3 aromatic rings. The van der Waals surface area contributed by atoms with E-state index in [1.54, 1.807) is 36.5 Å². The molecule has 0 fully saturated rings. The molecule has 1 unspecified atom stereocenters. The summed E-state index contributed by atoms with van der Waals surface area (Å²) in [6.07, 6.45) is 4.73. The maximum absolute atomic E-state index is 11.9. The van der Waals surface area contributed by atoms with Crippen molar-refractivity contribution in [3.05, 3.63) is 90.3 Å². The van der Waals surface area contributed by atoms with Crippen molar-refractivity contribution in [2.45, 2.75) is 50.6 Å². The van der Waals surface area contributed by atoms with E-state index in [-0.39, 0.29) is 17.5 Å². The van der Waals surface area contributed by atoms with E-state index in [0.29, 0.717) is 12.0 Å². The molecule has 7 heteroatoms. The highest BCUT2D eigenvalue weighted by Crippen LogP contribution is 2.20. The third kappa shape index (κ3) is 10.8. The summed E-state index contributed by atoms with van der Waals surface area (Å²) in [6, 6.07) is 21.4. The number of pyridine rings is 1. The maximum Gasteiger partial charge on any atom is 0.253 e. The van der Waals surface area contributed by atoms with Gasteiger partial charge in [-0.15, -0.1) is 0 Å². The molecule has 6 nitrogen and oxygen atoms in total. The van der Waals surface area contributed by atoms with Crippen molar-refractivity contribution in [2.24, 2.45) is 0 Å². The predicted molar refractivity (Wildman–Crippen MR) is 136 cm³/mol. The van der Waals surface area contributed by atoms with E-state index in [2.05, 4.69) is 53.2 Å². The summed E-state index contributed by atoms with van der Waals surface area (Å²) in [4.78, 5) is 27.1. The number of rotatable bonds is 8. The van der Waals surface area contributed by atoms with Crippen molar-refractivity contribution < 1.29 is 9.59 Å². The number of aromatic nitrogens is 1. The van der Waals surface area contributed by atoms with Crippen LogP contribution in [0.25, 0.3) is 0 Å². The van der Waals surface area contributed by atoms with Gasteiger partial charge in [-0.25, -0.2) is 0 Å². The Morgan fingerprint density at radius 3 is 2.30 bits per heavy atom. The van der Waals surface area contributed by atoms with E-state index >= 15 is 0 Å². The fourth-order valence-corrected chi connectivity index (χ4v) is 3.42. The largest absolute Gasteiger partial charge is 0.349 e. The van der Waals surface area contributed by atoms with E-state index < -0.39 is 0 Å². The van der Waals surface area contributed by atoms with E-state index in [1.807, 2.05) is 49.4 Å². The van der Waals surface area contributed by atoms with E-state index in [9.17, 15) is 9.59 Å². The van der Waals surface area contributed by atoms with E-state index in [4.69, 9.17) is 0 Å². The summed E-state index contributed by atoms with van der Waals surface area (Å²) >= 11 is 1.59. The standard InChI is InChI=1S/C15H16N2O.C11H16N2OS/c1-12(10-13-6-3-2-4-7-13)17-15(18)14-8-5-9-16-11-14;1-11(2,3)13-15-10-6-4-9(5-7-10)12-8-14/h2-9,11-12H,10H2,1H3,(H,17,18);4-8,13H,1-3H3,(H,12,14). The highest BCUT2D eigenvalue weighted by molar-refractivity contribution is 7.97. The van der Waals surface area contributed by atoms with Gasteiger partial charge in [0.1, 0.15) is 0 Å². The van der Waals surface area contributed by atoms with Gasteiger partial charge in [-0.05, 0) is 88.0 Å². The number of nitrogens with one attached hydrogen (secondary N) is 3. The molecule has 0 saturated carbocycles. The molecule has 0 radical (unpaired) electrons. The van der Waals surface area contributed by atoms with E-state index in [0.717, 1.165) is 17.0 Å². The summed E-state index contributed by atoms with van der Waals surface area (Å²) in [5, 5.41) is 5.56. The lowest BCUT2D eigenvalue weighted by Crippen LogP contribution is -2.34. The molecule has 174 valence electrons. The van der Waals surface area contributed by atoms with Crippen LogP contribution in [0.15, 0.2) is 84.0 Å². The average Bonchev–Trinajstić information content (AvgIpc) is 2.80. The second kappa shape index (κ2) is 13.4. The molecule has 3 N–H and O–H groups in total. The van der Waals surface area contributed by atoms with Gasteiger partial charge in [0.2, 0.25) is 6.41 Å². The van der Waals surface area contributed by atoms with Gasteiger partial charge in [0.15, 0.2) is 0 Å². The Labute approximate surface area is 200 Å². The molecule has 1 atom stereocenters. The molecular formula is C26H32N4O2S. The maximum atomic E-state index is 11.9. The number of nitrogens with zero attached hydrogens (tertiary/aromatic N) is 1. The van der Waals surface area contributed by atoms with Crippen molar-refractivity contribution in [1.29, 1.82) is 0 Å². The molecule has 2 amide bonds. The lowest BCUT2D eigenvalue weighted by Gasteiger charge is -2.19. The first-order valence-corrected chi connectivity index (χ1v) is 11.6. The Morgan fingerprint density at radius 2 is 1.73 bits per heavy atom. The van der Waals surface area contributed by atoms with Crippen LogP contribution in [0.3, 0.4) is 0 Å². The van der Waals surface area contributed by atoms with E-state index in [1.165, 1.54) is 5.56 Å². The van der Waals surface area contributed by atoms with Crippen LogP contribution in [0.4, 0.5) is 5.69 Å². The van der Waals surface area contributed by atoms with Gasteiger partial charge in [0, 0.05) is 34.6 Å². The van der Waals surface area contributed by atoms with Crippen LogP contribution >= 0.6 is 11.9 Å². The zero-order valence-electron chi connectivity index (χ0n) is 19.5. The van der Waals surface area contributed by atoms with Crippen LogP contribution in [0.1, 0.15) is 43.6 Å². The normalized spacial score (nSPS) is 11.5.